The Labute approximate surface area is 171 Å². The van der Waals surface area contributed by atoms with Gasteiger partial charge in [0.15, 0.2) is 0 Å². The van der Waals surface area contributed by atoms with Crippen molar-refractivity contribution in [3.05, 3.63) is 65.7 Å². The van der Waals surface area contributed by atoms with Gasteiger partial charge in [0.2, 0.25) is 0 Å². The molecule has 1 fully saturated rings. The molecule has 0 spiro atoms. The number of hydrogen-bond donors (Lipinski definition) is 0. The molecule has 0 N–H and O–H groups in total. The standard InChI is InChI=1S/C26H36O2/c1-3-4-6-9-21-12-14-22(15-13-21)23-16-18-25(19-17-23)28-20-26(27-2)24-10-7-5-8-11-24/h5,7-8,10-11,16-19,21-22,26H,3-4,6,9,12-15,20H2,1-2H3. The van der Waals surface area contributed by atoms with E-state index in [0.29, 0.717) is 6.61 Å². The van der Waals surface area contributed by atoms with Crippen LogP contribution in [0.2, 0.25) is 0 Å². The average Bonchev–Trinajstić information content (AvgIpc) is 2.76. The van der Waals surface area contributed by atoms with Crippen molar-refractivity contribution in [2.24, 2.45) is 5.92 Å². The van der Waals surface area contributed by atoms with Crippen molar-refractivity contribution in [1.82, 2.24) is 0 Å². The zero-order valence-electron chi connectivity index (χ0n) is 17.6. The van der Waals surface area contributed by atoms with Gasteiger partial charge in [0.05, 0.1) is 0 Å². The molecule has 1 unspecified atom stereocenters. The number of rotatable bonds is 10. The minimum Gasteiger partial charge on any atom is -0.491 e. The number of methoxy groups -OCH3 is 1. The van der Waals surface area contributed by atoms with Gasteiger partial charge < -0.3 is 9.47 Å². The van der Waals surface area contributed by atoms with E-state index >= 15 is 0 Å². The quantitative estimate of drug-likeness (QED) is 0.402. The topological polar surface area (TPSA) is 18.5 Å². The van der Waals surface area contributed by atoms with E-state index in [4.69, 9.17) is 9.47 Å². The minimum atomic E-state index is -0.0381. The van der Waals surface area contributed by atoms with E-state index in [2.05, 4.69) is 43.3 Å². The highest BCUT2D eigenvalue weighted by Crippen LogP contribution is 2.38. The Bertz CT molecular complexity index is 657. The molecule has 28 heavy (non-hydrogen) atoms. The van der Waals surface area contributed by atoms with Crippen LogP contribution in [-0.2, 0) is 4.74 Å². The predicted octanol–water partition coefficient (Wildman–Crippen LogP) is 7.31. The summed E-state index contributed by atoms with van der Waals surface area (Å²) in [7, 11) is 1.74. The molecular formula is C26H36O2. The molecule has 2 nitrogen and oxygen atoms in total. The lowest BCUT2D eigenvalue weighted by molar-refractivity contribution is 0.0576. The van der Waals surface area contributed by atoms with Gasteiger partial charge in [0.1, 0.15) is 18.5 Å². The Hall–Kier alpha value is -1.80. The van der Waals surface area contributed by atoms with Gasteiger partial charge in [-0.1, -0.05) is 75.1 Å². The summed E-state index contributed by atoms with van der Waals surface area (Å²) in [6.45, 7) is 2.82. The molecule has 1 aliphatic rings. The van der Waals surface area contributed by atoms with Crippen LogP contribution >= 0.6 is 0 Å². The van der Waals surface area contributed by atoms with E-state index in [-0.39, 0.29) is 6.10 Å². The summed E-state index contributed by atoms with van der Waals surface area (Å²) in [6, 6.07) is 19.0. The molecule has 0 amide bonds. The number of ether oxygens (including phenoxy) is 2. The zero-order valence-corrected chi connectivity index (χ0v) is 17.6. The number of benzene rings is 2. The van der Waals surface area contributed by atoms with Gasteiger partial charge in [0.25, 0.3) is 0 Å². The van der Waals surface area contributed by atoms with Crippen LogP contribution in [0.3, 0.4) is 0 Å². The molecule has 1 saturated carbocycles. The molecule has 152 valence electrons. The van der Waals surface area contributed by atoms with Gasteiger partial charge in [-0.3, -0.25) is 0 Å². The van der Waals surface area contributed by atoms with E-state index in [9.17, 15) is 0 Å². The van der Waals surface area contributed by atoms with Crippen molar-refractivity contribution in [1.29, 1.82) is 0 Å². The predicted molar refractivity (Wildman–Crippen MR) is 117 cm³/mol. The van der Waals surface area contributed by atoms with Gasteiger partial charge in [-0.25, -0.2) is 0 Å². The molecule has 0 radical (unpaired) electrons. The van der Waals surface area contributed by atoms with E-state index in [0.717, 1.165) is 23.1 Å². The molecule has 2 aromatic rings. The zero-order chi connectivity index (χ0) is 19.6. The van der Waals surface area contributed by atoms with Gasteiger partial charge in [0, 0.05) is 7.11 Å². The summed E-state index contributed by atoms with van der Waals surface area (Å²) in [5.41, 5.74) is 2.63. The molecule has 0 heterocycles. The molecule has 3 rings (SSSR count). The monoisotopic (exact) mass is 380 g/mol. The van der Waals surface area contributed by atoms with Crippen LogP contribution in [0.5, 0.6) is 5.75 Å². The second-order valence-corrected chi connectivity index (χ2v) is 8.23. The number of hydrogen-bond acceptors (Lipinski definition) is 2. The second kappa shape index (κ2) is 11.3. The Balaban J connectivity index is 1.46. The van der Waals surface area contributed by atoms with Crippen molar-refractivity contribution in [3.8, 4) is 5.75 Å². The number of unbranched alkanes of at least 4 members (excludes halogenated alkanes) is 2. The van der Waals surface area contributed by atoms with Crippen LogP contribution in [0.25, 0.3) is 0 Å². The first-order chi connectivity index (χ1) is 13.8. The van der Waals surface area contributed by atoms with E-state index in [1.54, 1.807) is 7.11 Å². The first-order valence-corrected chi connectivity index (χ1v) is 11.1. The van der Waals surface area contributed by atoms with Crippen molar-refractivity contribution in [2.45, 2.75) is 70.3 Å². The molecule has 0 bridgehead atoms. The first kappa shape index (κ1) is 20.9. The maximum Gasteiger partial charge on any atom is 0.119 e. The molecule has 1 aliphatic carbocycles. The third-order valence-electron chi connectivity index (χ3n) is 6.27. The summed E-state index contributed by atoms with van der Waals surface area (Å²) in [5, 5.41) is 0. The lowest BCUT2D eigenvalue weighted by Gasteiger charge is -2.29. The summed E-state index contributed by atoms with van der Waals surface area (Å²) in [4.78, 5) is 0. The van der Waals surface area contributed by atoms with Crippen LogP contribution in [0.4, 0.5) is 0 Å². The highest BCUT2D eigenvalue weighted by Gasteiger charge is 2.22. The third-order valence-corrected chi connectivity index (χ3v) is 6.27. The van der Waals surface area contributed by atoms with Gasteiger partial charge >= 0.3 is 0 Å². The fourth-order valence-electron chi connectivity index (χ4n) is 4.44. The lowest BCUT2D eigenvalue weighted by atomic mass is 9.77. The van der Waals surface area contributed by atoms with Crippen molar-refractivity contribution in [2.75, 3.05) is 13.7 Å². The van der Waals surface area contributed by atoms with Crippen molar-refractivity contribution in [3.63, 3.8) is 0 Å². The summed E-state index contributed by atoms with van der Waals surface area (Å²) in [6.07, 6.45) is 11.0. The highest BCUT2D eigenvalue weighted by atomic mass is 16.5. The molecule has 1 atom stereocenters. The first-order valence-electron chi connectivity index (χ1n) is 11.1. The van der Waals surface area contributed by atoms with Crippen LogP contribution in [0, 0.1) is 5.92 Å². The second-order valence-electron chi connectivity index (χ2n) is 8.23. The fraction of sp³-hybridized carbons (Fsp3) is 0.538. The van der Waals surface area contributed by atoms with Crippen molar-refractivity contribution >= 4 is 0 Å². The maximum absolute atomic E-state index is 6.00. The average molecular weight is 381 g/mol. The van der Waals surface area contributed by atoms with Crippen LogP contribution < -0.4 is 4.74 Å². The van der Waals surface area contributed by atoms with Crippen molar-refractivity contribution < 1.29 is 9.47 Å². The largest absolute Gasteiger partial charge is 0.491 e. The van der Waals surface area contributed by atoms with E-state index in [1.165, 1.54) is 56.9 Å². The van der Waals surface area contributed by atoms with Gasteiger partial charge in [-0.2, -0.15) is 0 Å². The molecule has 0 aliphatic heterocycles. The summed E-state index contributed by atoms with van der Waals surface area (Å²) in [5.74, 6) is 2.62. The highest BCUT2D eigenvalue weighted by molar-refractivity contribution is 5.30. The molecule has 0 aromatic heterocycles. The van der Waals surface area contributed by atoms with Crippen LogP contribution in [0.15, 0.2) is 54.6 Å². The molecule has 2 heteroatoms. The van der Waals surface area contributed by atoms with Gasteiger partial charge in [-0.05, 0) is 60.8 Å². The Kier molecular flexibility index (Phi) is 8.42. The molecule has 2 aromatic carbocycles. The minimum absolute atomic E-state index is 0.0381. The smallest absolute Gasteiger partial charge is 0.119 e. The Morgan fingerprint density at radius 3 is 2.25 bits per heavy atom. The SMILES string of the molecule is CCCCCC1CCC(c2ccc(OCC(OC)c3ccccc3)cc2)CC1. The molecular weight excluding hydrogens is 344 g/mol. The fourth-order valence-corrected chi connectivity index (χ4v) is 4.44. The maximum atomic E-state index is 6.00. The lowest BCUT2D eigenvalue weighted by Crippen LogP contribution is -2.14. The van der Waals surface area contributed by atoms with Gasteiger partial charge in [-0.15, -0.1) is 0 Å². The van der Waals surface area contributed by atoms with E-state index < -0.39 is 0 Å². The Morgan fingerprint density at radius 2 is 1.61 bits per heavy atom. The molecule has 0 saturated heterocycles. The third kappa shape index (κ3) is 6.10. The van der Waals surface area contributed by atoms with Crippen LogP contribution in [0.1, 0.15) is 81.4 Å². The summed E-state index contributed by atoms with van der Waals surface area (Å²) >= 11 is 0. The Morgan fingerprint density at radius 1 is 0.893 bits per heavy atom. The van der Waals surface area contributed by atoms with Crippen LogP contribution in [-0.4, -0.2) is 13.7 Å². The van der Waals surface area contributed by atoms with E-state index in [1.807, 2.05) is 18.2 Å². The normalized spacial score (nSPS) is 20.6. The summed E-state index contributed by atoms with van der Waals surface area (Å²) < 4.78 is 11.6.